The molecular weight excluding hydrogens is 751 g/mol. The zero-order chi connectivity index (χ0) is 41.2. The fourth-order valence-electron chi connectivity index (χ4n) is 8.63. The van der Waals surface area contributed by atoms with Crippen molar-refractivity contribution in [3.63, 3.8) is 0 Å². The lowest BCUT2D eigenvalue weighted by molar-refractivity contribution is 0.669. The van der Waals surface area contributed by atoms with Gasteiger partial charge in [-0.15, -0.1) is 0 Å². The monoisotopic (exact) mass is 791 g/mol. The Morgan fingerprint density at radius 2 is 0.516 bits per heavy atom. The smallest absolute Gasteiger partial charge is 0.135 e. The number of hydrogen-bond acceptors (Lipinski definition) is 2. The lowest BCUT2D eigenvalue weighted by atomic mass is 9.97. The maximum atomic E-state index is 6.12. The van der Waals surface area contributed by atoms with Gasteiger partial charge in [0.2, 0.25) is 0 Å². The number of fused-ring (bicyclic) bond motifs is 3. The number of benzene rings is 10. The zero-order valence-corrected chi connectivity index (χ0v) is 34.0. The molecule has 0 aliphatic rings. The third-order valence-electron chi connectivity index (χ3n) is 11.9. The molecule has 62 heavy (non-hydrogen) atoms. The van der Waals surface area contributed by atoms with E-state index in [1.807, 2.05) is 12.1 Å². The van der Waals surface area contributed by atoms with Crippen LogP contribution in [0.5, 0.6) is 0 Å². The molecule has 11 aromatic rings. The van der Waals surface area contributed by atoms with Crippen LogP contribution in [0, 0.1) is 0 Å². The van der Waals surface area contributed by atoms with Crippen molar-refractivity contribution in [3.05, 3.63) is 249 Å². The number of rotatable bonds is 9. The summed E-state index contributed by atoms with van der Waals surface area (Å²) in [6, 6.07) is 89.1. The largest absolute Gasteiger partial charge is 0.456 e. The molecule has 0 aliphatic carbocycles. The minimum Gasteiger partial charge on any atom is -0.456 e. The second-order valence-corrected chi connectivity index (χ2v) is 15.8. The summed E-state index contributed by atoms with van der Waals surface area (Å²) in [5.74, 6) is 0. The Bertz CT molecular complexity index is 3290. The van der Waals surface area contributed by atoms with Crippen LogP contribution in [-0.2, 0) is 0 Å². The first-order chi connectivity index (χ1) is 30.7. The maximum absolute atomic E-state index is 6.12. The summed E-state index contributed by atoms with van der Waals surface area (Å²) in [6.45, 7) is 0. The van der Waals surface area contributed by atoms with Crippen LogP contribution in [0.1, 0.15) is 0 Å². The van der Waals surface area contributed by atoms with Crippen molar-refractivity contribution in [2.45, 2.75) is 0 Å². The van der Waals surface area contributed by atoms with Crippen LogP contribution in [0.25, 0.3) is 88.7 Å². The lowest BCUT2D eigenvalue weighted by Gasteiger charge is -2.26. The van der Waals surface area contributed by atoms with Crippen LogP contribution in [0.4, 0.5) is 17.1 Å². The molecule has 0 radical (unpaired) electrons. The van der Waals surface area contributed by atoms with Crippen LogP contribution in [0.3, 0.4) is 0 Å². The van der Waals surface area contributed by atoms with Crippen LogP contribution in [-0.4, -0.2) is 0 Å². The molecule has 0 N–H and O–H groups in total. The van der Waals surface area contributed by atoms with E-state index in [9.17, 15) is 0 Å². The van der Waals surface area contributed by atoms with E-state index < -0.39 is 0 Å². The van der Waals surface area contributed by atoms with Gasteiger partial charge in [-0.05, 0) is 133 Å². The molecule has 10 aromatic carbocycles. The SMILES string of the molecule is c1ccc(-c2ccc(-c3ccc(N(c4ccc(-c5cccc(-c6ccccc6)c5)cc4)c4ccc(-c5cccc(-c6ccc7oc8ccccc8c7c6)c5)cc4)cc3)cc2)cc1. The molecular formula is C60H41NO. The Labute approximate surface area is 362 Å². The summed E-state index contributed by atoms with van der Waals surface area (Å²) in [4.78, 5) is 2.34. The molecule has 2 heteroatoms. The predicted molar refractivity (Wildman–Crippen MR) is 261 cm³/mol. The van der Waals surface area contributed by atoms with E-state index >= 15 is 0 Å². The van der Waals surface area contributed by atoms with Crippen molar-refractivity contribution in [2.24, 2.45) is 0 Å². The Morgan fingerprint density at radius 3 is 1.00 bits per heavy atom. The Hall–Kier alpha value is -8.20. The standard InChI is InChI=1S/C60H41NO/c1-3-11-42(12-4-1)44-21-23-45(24-22-44)46-25-32-54(33-26-46)61(55-34-27-47(28-35-55)50-16-9-15-49(39-50)43-13-5-2-6-14-43)56-36-29-48(30-37-56)51-17-10-18-52(40-51)53-31-38-60-58(41-53)57-19-7-8-20-59(57)62-60/h1-41H. The van der Waals surface area contributed by atoms with Gasteiger partial charge in [0.1, 0.15) is 11.2 Å². The van der Waals surface area contributed by atoms with Gasteiger partial charge in [-0.3, -0.25) is 0 Å². The van der Waals surface area contributed by atoms with Gasteiger partial charge < -0.3 is 9.32 Å². The maximum Gasteiger partial charge on any atom is 0.135 e. The van der Waals surface area contributed by atoms with Gasteiger partial charge in [0.25, 0.3) is 0 Å². The molecule has 0 fully saturated rings. The van der Waals surface area contributed by atoms with Crippen molar-refractivity contribution in [3.8, 4) is 66.8 Å². The molecule has 0 saturated heterocycles. The van der Waals surface area contributed by atoms with Crippen molar-refractivity contribution in [1.29, 1.82) is 0 Å². The molecule has 0 unspecified atom stereocenters. The summed E-state index contributed by atoms with van der Waals surface area (Å²) >= 11 is 0. The van der Waals surface area contributed by atoms with Gasteiger partial charge in [-0.2, -0.15) is 0 Å². The minimum absolute atomic E-state index is 0.908. The molecule has 11 rings (SSSR count). The van der Waals surface area contributed by atoms with Crippen molar-refractivity contribution in [1.82, 2.24) is 0 Å². The van der Waals surface area contributed by atoms with Gasteiger partial charge in [0.05, 0.1) is 0 Å². The zero-order valence-electron chi connectivity index (χ0n) is 34.0. The first kappa shape index (κ1) is 36.8. The van der Waals surface area contributed by atoms with Crippen LogP contribution >= 0.6 is 0 Å². The van der Waals surface area contributed by atoms with E-state index in [1.54, 1.807) is 0 Å². The van der Waals surface area contributed by atoms with Crippen LogP contribution < -0.4 is 4.90 Å². The quantitative estimate of drug-likeness (QED) is 0.145. The second kappa shape index (κ2) is 16.1. The van der Waals surface area contributed by atoms with Gasteiger partial charge in [-0.25, -0.2) is 0 Å². The van der Waals surface area contributed by atoms with E-state index in [2.05, 4.69) is 241 Å². The molecule has 292 valence electrons. The van der Waals surface area contributed by atoms with Gasteiger partial charge >= 0.3 is 0 Å². The number of furan rings is 1. The lowest BCUT2D eigenvalue weighted by Crippen LogP contribution is -2.09. The van der Waals surface area contributed by atoms with Crippen LogP contribution in [0.2, 0.25) is 0 Å². The topological polar surface area (TPSA) is 16.4 Å². The summed E-state index contributed by atoms with van der Waals surface area (Å²) in [7, 11) is 0. The molecule has 1 aromatic heterocycles. The van der Waals surface area contributed by atoms with E-state index in [-0.39, 0.29) is 0 Å². The third-order valence-corrected chi connectivity index (χ3v) is 11.9. The summed E-state index contributed by atoms with van der Waals surface area (Å²) in [5.41, 5.74) is 19.3. The van der Waals surface area contributed by atoms with Crippen LogP contribution in [0.15, 0.2) is 253 Å². The van der Waals surface area contributed by atoms with Crippen molar-refractivity contribution < 1.29 is 4.42 Å². The fourth-order valence-corrected chi connectivity index (χ4v) is 8.63. The number of hydrogen-bond donors (Lipinski definition) is 0. The minimum atomic E-state index is 0.908. The Kier molecular flexibility index (Phi) is 9.57. The average molecular weight is 792 g/mol. The molecule has 0 amide bonds. The highest BCUT2D eigenvalue weighted by Crippen LogP contribution is 2.39. The van der Waals surface area contributed by atoms with Gasteiger partial charge in [0, 0.05) is 27.8 Å². The summed E-state index contributed by atoms with van der Waals surface area (Å²) in [5, 5.41) is 2.27. The first-order valence-electron chi connectivity index (χ1n) is 21.1. The van der Waals surface area contributed by atoms with Crippen molar-refractivity contribution in [2.75, 3.05) is 4.90 Å². The molecule has 0 saturated carbocycles. The highest BCUT2D eigenvalue weighted by molar-refractivity contribution is 6.06. The van der Waals surface area contributed by atoms with E-state index in [1.165, 1.54) is 61.2 Å². The van der Waals surface area contributed by atoms with Gasteiger partial charge in [0.15, 0.2) is 0 Å². The molecule has 0 aliphatic heterocycles. The van der Waals surface area contributed by atoms with Gasteiger partial charge in [-0.1, -0.05) is 182 Å². The molecule has 0 atom stereocenters. The normalized spacial score (nSPS) is 11.2. The predicted octanol–water partition coefficient (Wildman–Crippen LogP) is 17.1. The number of para-hydroxylation sites is 1. The molecule has 2 nitrogen and oxygen atoms in total. The van der Waals surface area contributed by atoms with E-state index in [0.29, 0.717) is 0 Å². The second-order valence-electron chi connectivity index (χ2n) is 15.8. The Morgan fingerprint density at radius 1 is 0.210 bits per heavy atom. The highest BCUT2D eigenvalue weighted by atomic mass is 16.3. The Balaban J connectivity index is 0.919. The third kappa shape index (κ3) is 7.25. The highest BCUT2D eigenvalue weighted by Gasteiger charge is 2.15. The number of anilines is 3. The summed E-state index contributed by atoms with van der Waals surface area (Å²) in [6.07, 6.45) is 0. The molecule has 0 bridgehead atoms. The van der Waals surface area contributed by atoms with E-state index in [0.717, 1.165) is 44.6 Å². The average Bonchev–Trinajstić information content (AvgIpc) is 3.74. The first-order valence-corrected chi connectivity index (χ1v) is 21.1. The van der Waals surface area contributed by atoms with Crippen molar-refractivity contribution >= 4 is 39.0 Å². The molecule has 0 spiro atoms. The fraction of sp³-hybridized carbons (Fsp3) is 0. The van der Waals surface area contributed by atoms with E-state index in [4.69, 9.17) is 4.42 Å². The molecule has 1 heterocycles. The summed E-state index contributed by atoms with van der Waals surface area (Å²) < 4.78 is 6.12. The number of nitrogens with zero attached hydrogens (tertiary/aromatic N) is 1.